The molecule has 0 aliphatic heterocycles. The molecule has 0 saturated carbocycles. The summed E-state index contributed by atoms with van der Waals surface area (Å²) in [6.45, 7) is 6.00. The van der Waals surface area contributed by atoms with Crippen molar-refractivity contribution in [3.63, 3.8) is 0 Å². The number of carbonyl (C=O) groups excluding carboxylic acids is 1. The molecule has 1 amide bonds. The number of nitrogens with two attached hydrogens (primary N) is 1. The minimum atomic E-state index is -0.175. The Bertz CT molecular complexity index is 212. The zero-order valence-electron chi connectivity index (χ0n) is 8.42. The fourth-order valence-electron chi connectivity index (χ4n) is 0.716. The molecule has 0 aromatic heterocycles. The highest BCUT2D eigenvalue weighted by atomic mass is 16.1. The third kappa shape index (κ3) is 5.21. The molecule has 0 aromatic carbocycles. The van der Waals surface area contributed by atoms with Gasteiger partial charge in [0.2, 0.25) is 5.91 Å². The van der Waals surface area contributed by atoms with Gasteiger partial charge in [0, 0.05) is 12.5 Å². The standard InChI is InChI=1S/C9H17N3O/c1-9(2,3)7(11)6-8(13)12-5-4-10/h7H,5-6,11H2,1-3H3,(H,12,13). The minimum Gasteiger partial charge on any atom is -0.343 e. The van der Waals surface area contributed by atoms with Crippen LogP contribution in [0.1, 0.15) is 27.2 Å². The molecule has 0 saturated heterocycles. The van der Waals surface area contributed by atoms with Crippen molar-refractivity contribution in [2.45, 2.75) is 33.2 Å². The normalized spacial score (nSPS) is 13.2. The monoisotopic (exact) mass is 183 g/mol. The van der Waals surface area contributed by atoms with Crippen LogP contribution in [0.15, 0.2) is 0 Å². The summed E-state index contributed by atoms with van der Waals surface area (Å²) in [7, 11) is 0. The highest BCUT2D eigenvalue weighted by Crippen LogP contribution is 2.19. The third-order valence-electron chi connectivity index (χ3n) is 1.88. The smallest absolute Gasteiger partial charge is 0.222 e. The number of nitrogens with zero attached hydrogens (tertiary/aromatic N) is 1. The van der Waals surface area contributed by atoms with Gasteiger partial charge in [0.1, 0.15) is 6.54 Å². The van der Waals surface area contributed by atoms with Crippen LogP contribution in [0.5, 0.6) is 0 Å². The predicted molar refractivity (Wildman–Crippen MR) is 50.7 cm³/mol. The molecule has 0 rings (SSSR count). The van der Waals surface area contributed by atoms with Gasteiger partial charge in [0.25, 0.3) is 0 Å². The largest absolute Gasteiger partial charge is 0.343 e. The highest BCUT2D eigenvalue weighted by molar-refractivity contribution is 5.76. The molecule has 1 atom stereocenters. The van der Waals surface area contributed by atoms with E-state index in [2.05, 4.69) is 5.32 Å². The molecule has 0 heterocycles. The van der Waals surface area contributed by atoms with E-state index in [9.17, 15) is 4.79 Å². The molecule has 1 unspecified atom stereocenters. The second kappa shape index (κ2) is 4.83. The van der Waals surface area contributed by atoms with Crippen LogP contribution in [-0.2, 0) is 4.79 Å². The zero-order valence-corrected chi connectivity index (χ0v) is 8.42. The van der Waals surface area contributed by atoms with Crippen LogP contribution in [0.25, 0.3) is 0 Å². The van der Waals surface area contributed by atoms with E-state index in [1.54, 1.807) is 0 Å². The van der Waals surface area contributed by atoms with Crippen molar-refractivity contribution in [2.75, 3.05) is 6.54 Å². The molecule has 13 heavy (non-hydrogen) atoms. The molecular weight excluding hydrogens is 166 g/mol. The number of hydrogen-bond acceptors (Lipinski definition) is 3. The topological polar surface area (TPSA) is 78.9 Å². The average molecular weight is 183 g/mol. The van der Waals surface area contributed by atoms with Crippen molar-refractivity contribution < 1.29 is 4.79 Å². The van der Waals surface area contributed by atoms with E-state index < -0.39 is 0 Å². The van der Waals surface area contributed by atoms with Crippen molar-refractivity contribution in [1.29, 1.82) is 5.26 Å². The Labute approximate surface area is 79.1 Å². The maximum absolute atomic E-state index is 11.1. The molecule has 4 heteroatoms. The summed E-state index contributed by atoms with van der Waals surface area (Å²) >= 11 is 0. The highest BCUT2D eigenvalue weighted by Gasteiger charge is 2.22. The molecule has 0 spiro atoms. The lowest BCUT2D eigenvalue weighted by Gasteiger charge is -2.26. The summed E-state index contributed by atoms with van der Waals surface area (Å²) < 4.78 is 0. The fourth-order valence-corrected chi connectivity index (χ4v) is 0.716. The summed E-state index contributed by atoms with van der Waals surface area (Å²) in [5, 5.41) is 10.7. The molecule has 0 fully saturated rings. The molecule has 74 valence electrons. The predicted octanol–water partition coefficient (Wildman–Crippen LogP) is 0.390. The number of amides is 1. The lowest BCUT2D eigenvalue weighted by Crippen LogP contribution is -2.40. The Balaban J connectivity index is 3.87. The first kappa shape index (κ1) is 11.9. The van der Waals surface area contributed by atoms with Gasteiger partial charge in [-0.3, -0.25) is 4.79 Å². The maximum atomic E-state index is 11.1. The van der Waals surface area contributed by atoms with E-state index in [4.69, 9.17) is 11.0 Å². The van der Waals surface area contributed by atoms with E-state index in [1.807, 2.05) is 26.8 Å². The molecule has 4 nitrogen and oxygen atoms in total. The molecule has 3 N–H and O–H groups in total. The SMILES string of the molecule is CC(C)(C)C(N)CC(=O)NCC#N. The Morgan fingerprint density at radius 3 is 2.54 bits per heavy atom. The van der Waals surface area contributed by atoms with Crippen LogP contribution in [0.3, 0.4) is 0 Å². The lowest BCUT2D eigenvalue weighted by molar-refractivity contribution is -0.121. The summed E-state index contributed by atoms with van der Waals surface area (Å²) in [5.41, 5.74) is 5.70. The van der Waals surface area contributed by atoms with E-state index in [0.717, 1.165) is 0 Å². The molecule has 0 aromatic rings. The van der Waals surface area contributed by atoms with Crippen molar-refractivity contribution in [2.24, 2.45) is 11.1 Å². The third-order valence-corrected chi connectivity index (χ3v) is 1.88. The lowest BCUT2D eigenvalue weighted by atomic mass is 9.85. The van der Waals surface area contributed by atoms with Gasteiger partial charge in [-0.2, -0.15) is 5.26 Å². The van der Waals surface area contributed by atoms with Gasteiger partial charge < -0.3 is 11.1 Å². The van der Waals surface area contributed by atoms with Crippen LogP contribution < -0.4 is 11.1 Å². The van der Waals surface area contributed by atoms with Crippen molar-refractivity contribution in [1.82, 2.24) is 5.32 Å². The Morgan fingerprint density at radius 1 is 1.62 bits per heavy atom. The van der Waals surface area contributed by atoms with Gasteiger partial charge in [-0.25, -0.2) is 0 Å². The van der Waals surface area contributed by atoms with E-state index in [1.165, 1.54) is 0 Å². The Kier molecular flexibility index (Phi) is 4.43. The molecule has 0 aliphatic carbocycles. The molecule has 0 bridgehead atoms. The second-order valence-corrected chi connectivity index (χ2v) is 4.11. The van der Waals surface area contributed by atoms with Gasteiger partial charge in [-0.15, -0.1) is 0 Å². The van der Waals surface area contributed by atoms with E-state index >= 15 is 0 Å². The fraction of sp³-hybridized carbons (Fsp3) is 0.778. The summed E-state index contributed by atoms with van der Waals surface area (Å²) in [6, 6.07) is 1.66. The van der Waals surface area contributed by atoms with Crippen molar-refractivity contribution in [3.05, 3.63) is 0 Å². The first-order valence-electron chi connectivity index (χ1n) is 4.27. The van der Waals surface area contributed by atoms with E-state index in [-0.39, 0.29) is 30.3 Å². The Morgan fingerprint density at radius 2 is 2.15 bits per heavy atom. The second-order valence-electron chi connectivity index (χ2n) is 4.11. The molecular formula is C9H17N3O. The van der Waals surface area contributed by atoms with Crippen LogP contribution in [0.2, 0.25) is 0 Å². The van der Waals surface area contributed by atoms with Crippen molar-refractivity contribution >= 4 is 5.91 Å². The summed E-state index contributed by atoms with van der Waals surface area (Å²) in [5.74, 6) is -0.163. The minimum absolute atomic E-state index is 0.0513. The molecule has 0 radical (unpaired) electrons. The Hall–Kier alpha value is -1.08. The van der Waals surface area contributed by atoms with Gasteiger partial charge >= 0.3 is 0 Å². The summed E-state index contributed by atoms with van der Waals surface area (Å²) in [6.07, 6.45) is 0.269. The number of rotatable bonds is 3. The first-order valence-corrected chi connectivity index (χ1v) is 4.27. The molecule has 0 aliphatic rings. The zero-order chi connectivity index (χ0) is 10.5. The van der Waals surface area contributed by atoms with Gasteiger partial charge in [-0.1, -0.05) is 20.8 Å². The number of nitrogens with one attached hydrogen (secondary N) is 1. The van der Waals surface area contributed by atoms with Gasteiger partial charge in [0.05, 0.1) is 6.07 Å². The number of nitriles is 1. The van der Waals surface area contributed by atoms with Crippen LogP contribution in [-0.4, -0.2) is 18.5 Å². The van der Waals surface area contributed by atoms with Gasteiger partial charge in [0.15, 0.2) is 0 Å². The number of carbonyl (C=O) groups is 1. The van der Waals surface area contributed by atoms with E-state index in [0.29, 0.717) is 0 Å². The maximum Gasteiger partial charge on any atom is 0.222 e. The first-order chi connectivity index (χ1) is 5.88. The van der Waals surface area contributed by atoms with Gasteiger partial charge in [-0.05, 0) is 5.41 Å². The van der Waals surface area contributed by atoms with Crippen LogP contribution >= 0.6 is 0 Å². The number of hydrogen-bond donors (Lipinski definition) is 2. The average Bonchev–Trinajstić information content (AvgIpc) is 1.99. The van der Waals surface area contributed by atoms with Crippen LogP contribution in [0, 0.1) is 16.7 Å². The van der Waals surface area contributed by atoms with Crippen LogP contribution in [0.4, 0.5) is 0 Å². The quantitative estimate of drug-likeness (QED) is 0.621. The van der Waals surface area contributed by atoms with Crippen molar-refractivity contribution in [3.8, 4) is 6.07 Å². The summed E-state index contributed by atoms with van der Waals surface area (Å²) in [4.78, 5) is 11.1.